The average molecular weight is 411 g/mol. The van der Waals surface area contributed by atoms with Crippen LogP contribution in [0.2, 0.25) is 0 Å². The molecule has 0 spiro atoms. The zero-order chi connectivity index (χ0) is 21.4. The van der Waals surface area contributed by atoms with Crippen molar-refractivity contribution >= 4 is 29.5 Å². The van der Waals surface area contributed by atoms with Gasteiger partial charge in [-0.25, -0.2) is 4.99 Å². The highest BCUT2D eigenvalue weighted by Crippen LogP contribution is 2.34. The van der Waals surface area contributed by atoms with Crippen LogP contribution < -0.4 is 19.5 Å². The molecule has 152 valence electrons. The number of aliphatic imine (C=N–C) groups is 1. The van der Waals surface area contributed by atoms with Crippen LogP contribution in [0.15, 0.2) is 83.5 Å². The summed E-state index contributed by atoms with van der Waals surface area (Å²) < 4.78 is 10.7. The first kappa shape index (κ1) is 18.6. The van der Waals surface area contributed by atoms with E-state index in [1.807, 2.05) is 36.4 Å². The molecule has 7 nitrogen and oxygen atoms in total. The Kier molecular flexibility index (Phi) is 4.48. The van der Waals surface area contributed by atoms with E-state index in [0.717, 1.165) is 11.1 Å². The van der Waals surface area contributed by atoms with Gasteiger partial charge in [0.1, 0.15) is 11.5 Å². The number of nitrogens with zero attached hydrogens (tertiary/aromatic N) is 2. The predicted octanol–water partition coefficient (Wildman–Crippen LogP) is 2.61. The highest BCUT2D eigenvalue weighted by atomic mass is 16.7. The smallest absolute Gasteiger partial charge is 0.282 e. The third-order valence-electron chi connectivity index (χ3n) is 4.95. The first-order valence-electron chi connectivity index (χ1n) is 9.51. The van der Waals surface area contributed by atoms with E-state index in [2.05, 4.69) is 4.99 Å². The van der Waals surface area contributed by atoms with Gasteiger partial charge < -0.3 is 19.4 Å². The second-order valence-electron chi connectivity index (χ2n) is 6.92. The Bertz CT molecular complexity index is 1250. The summed E-state index contributed by atoms with van der Waals surface area (Å²) in [5, 5.41) is 11.1. The molecule has 2 aliphatic heterocycles. The number of carboxylic acid groups (broad SMARTS) is 1. The van der Waals surface area contributed by atoms with Gasteiger partial charge in [0.15, 0.2) is 11.5 Å². The van der Waals surface area contributed by atoms with Crippen LogP contribution in [0.1, 0.15) is 21.5 Å². The Labute approximate surface area is 177 Å². The number of carboxylic acids is 1. The monoisotopic (exact) mass is 411 g/mol. The minimum atomic E-state index is -1.28. The maximum Gasteiger partial charge on any atom is 0.282 e. The van der Waals surface area contributed by atoms with Crippen molar-refractivity contribution in [2.24, 2.45) is 4.99 Å². The average Bonchev–Trinajstić information content (AvgIpc) is 3.39. The fraction of sp³-hybridized carbons (Fsp3) is 0.0417. The largest absolute Gasteiger partial charge is 0.545 e. The van der Waals surface area contributed by atoms with Gasteiger partial charge in [0.05, 0.1) is 11.7 Å². The molecule has 0 unspecified atom stereocenters. The van der Waals surface area contributed by atoms with Crippen molar-refractivity contribution in [2.45, 2.75) is 0 Å². The van der Waals surface area contributed by atoms with Crippen LogP contribution in [0.5, 0.6) is 11.5 Å². The van der Waals surface area contributed by atoms with Crippen molar-refractivity contribution < 1.29 is 24.2 Å². The van der Waals surface area contributed by atoms with Crippen molar-refractivity contribution in [3.63, 3.8) is 0 Å². The van der Waals surface area contributed by atoms with E-state index in [0.29, 0.717) is 23.0 Å². The van der Waals surface area contributed by atoms with Gasteiger partial charge in [-0.05, 0) is 41.5 Å². The standard InChI is InChI=1S/C24H16N2O5/c27-23-19(12-15-6-11-20-21(13-15)31-14-30-20)25-22(16-4-2-1-3-5-16)26(23)18-9-7-17(8-10-18)24(28)29/h1-13H,14H2,(H,28,29)/p-1/b19-12-. The van der Waals surface area contributed by atoms with Gasteiger partial charge in [-0.3, -0.25) is 9.69 Å². The van der Waals surface area contributed by atoms with Gasteiger partial charge in [-0.15, -0.1) is 0 Å². The molecule has 0 aliphatic carbocycles. The molecule has 7 heteroatoms. The number of aromatic carboxylic acids is 1. The third kappa shape index (κ3) is 3.42. The van der Waals surface area contributed by atoms with E-state index in [1.165, 1.54) is 17.0 Å². The van der Waals surface area contributed by atoms with Crippen LogP contribution in [-0.4, -0.2) is 24.5 Å². The van der Waals surface area contributed by atoms with Crippen LogP contribution in [0.3, 0.4) is 0 Å². The molecule has 3 aromatic rings. The van der Waals surface area contributed by atoms with Crippen molar-refractivity contribution in [3.8, 4) is 11.5 Å². The molecule has 0 radical (unpaired) electrons. The first-order valence-corrected chi connectivity index (χ1v) is 9.51. The fourth-order valence-corrected chi connectivity index (χ4v) is 3.44. The molecule has 0 N–H and O–H groups in total. The topological polar surface area (TPSA) is 91.3 Å². The number of anilines is 1. The summed E-state index contributed by atoms with van der Waals surface area (Å²) in [5.74, 6) is 0.126. The molecule has 0 atom stereocenters. The number of benzene rings is 3. The van der Waals surface area contributed by atoms with Crippen molar-refractivity contribution in [3.05, 3.63) is 95.2 Å². The summed E-state index contributed by atoms with van der Waals surface area (Å²) in [6.45, 7) is 0.167. The van der Waals surface area contributed by atoms with Crippen molar-refractivity contribution in [1.82, 2.24) is 0 Å². The lowest BCUT2D eigenvalue weighted by molar-refractivity contribution is -0.255. The van der Waals surface area contributed by atoms with Crippen molar-refractivity contribution in [2.75, 3.05) is 11.7 Å². The maximum atomic E-state index is 13.3. The second-order valence-corrected chi connectivity index (χ2v) is 6.92. The van der Waals surface area contributed by atoms with E-state index < -0.39 is 5.97 Å². The summed E-state index contributed by atoms with van der Waals surface area (Å²) in [5.41, 5.74) is 2.30. The molecule has 0 saturated heterocycles. The van der Waals surface area contributed by atoms with E-state index >= 15 is 0 Å². The van der Waals surface area contributed by atoms with Gasteiger partial charge >= 0.3 is 0 Å². The SMILES string of the molecule is O=C([O-])c1ccc(N2C(=O)/C(=C/c3ccc4c(c3)OCO4)N=C2c2ccccc2)cc1. The summed E-state index contributed by atoms with van der Waals surface area (Å²) in [6, 6.07) is 20.6. The molecule has 5 rings (SSSR count). The summed E-state index contributed by atoms with van der Waals surface area (Å²) in [7, 11) is 0. The number of carbonyl (C=O) groups is 2. The van der Waals surface area contributed by atoms with Gasteiger partial charge in [0.2, 0.25) is 6.79 Å². The van der Waals surface area contributed by atoms with Crippen LogP contribution in [0, 0.1) is 0 Å². The lowest BCUT2D eigenvalue weighted by atomic mass is 10.1. The molecule has 31 heavy (non-hydrogen) atoms. The highest BCUT2D eigenvalue weighted by Gasteiger charge is 2.32. The first-order chi connectivity index (χ1) is 15.1. The zero-order valence-electron chi connectivity index (χ0n) is 16.1. The Morgan fingerprint density at radius 2 is 1.71 bits per heavy atom. The summed E-state index contributed by atoms with van der Waals surface area (Å²) >= 11 is 0. The van der Waals surface area contributed by atoms with Crippen LogP contribution >= 0.6 is 0 Å². The Balaban J connectivity index is 1.57. The number of fused-ring (bicyclic) bond motifs is 1. The van der Waals surface area contributed by atoms with Gasteiger partial charge in [-0.1, -0.05) is 48.5 Å². The number of hydrogen-bond donors (Lipinski definition) is 0. The molecule has 3 aromatic carbocycles. The molecule has 0 saturated carbocycles. The second kappa shape index (κ2) is 7.46. The van der Waals surface area contributed by atoms with Gasteiger partial charge in [0, 0.05) is 5.56 Å². The Hall–Kier alpha value is -4.39. The molecule has 2 aliphatic rings. The van der Waals surface area contributed by atoms with Gasteiger partial charge in [0.25, 0.3) is 5.91 Å². The molecular weight excluding hydrogens is 396 g/mol. The third-order valence-corrected chi connectivity index (χ3v) is 4.95. The molecule has 0 fully saturated rings. The molecule has 2 heterocycles. The van der Waals surface area contributed by atoms with E-state index in [9.17, 15) is 14.7 Å². The number of hydrogen-bond acceptors (Lipinski definition) is 6. The maximum absolute atomic E-state index is 13.3. The minimum Gasteiger partial charge on any atom is -0.545 e. The number of amides is 1. The van der Waals surface area contributed by atoms with Crippen LogP contribution in [-0.2, 0) is 4.79 Å². The van der Waals surface area contributed by atoms with Crippen molar-refractivity contribution in [1.29, 1.82) is 0 Å². The normalized spacial score (nSPS) is 16.0. The number of rotatable bonds is 4. The van der Waals surface area contributed by atoms with Gasteiger partial charge in [-0.2, -0.15) is 0 Å². The molecular formula is C24H15N2O5-. The summed E-state index contributed by atoms with van der Waals surface area (Å²) in [4.78, 5) is 30.4. The molecule has 0 bridgehead atoms. The van der Waals surface area contributed by atoms with E-state index in [-0.39, 0.29) is 24.0 Å². The molecule has 1 amide bonds. The minimum absolute atomic E-state index is 0.0321. The number of ether oxygens (including phenoxy) is 2. The fourth-order valence-electron chi connectivity index (χ4n) is 3.44. The zero-order valence-corrected chi connectivity index (χ0v) is 16.1. The van der Waals surface area contributed by atoms with Crippen LogP contribution in [0.4, 0.5) is 5.69 Å². The quantitative estimate of drug-likeness (QED) is 0.616. The lowest BCUT2D eigenvalue weighted by Gasteiger charge is -2.19. The predicted molar refractivity (Wildman–Crippen MR) is 112 cm³/mol. The van der Waals surface area contributed by atoms with E-state index in [4.69, 9.17) is 9.47 Å². The number of carbonyl (C=O) groups excluding carboxylic acids is 2. The Morgan fingerprint density at radius 1 is 0.968 bits per heavy atom. The van der Waals surface area contributed by atoms with Crippen LogP contribution in [0.25, 0.3) is 6.08 Å². The lowest BCUT2D eigenvalue weighted by Crippen LogP contribution is -2.32. The highest BCUT2D eigenvalue weighted by molar-refractivity contribution is 6.33. The van der Waals surface area contributed by atoms with E-state index in [1.54, 1.807) is 30.3 Å². The summed E-state index contributed by atoms with van der Waals surface area (Å²) in [6.07, 6.45) is 1.68. The molecule has 0 aromatic heterocycles. The number of amidine groups is 1. The Morgan fingerprint density at radius 3 is 2.45 bits per heavy atom.